The second-order valence-corrected chi connectivity index (χ2v) is 10.6. The van der Waals surface area contributed by atoms with Gasteiger partial charge in [-0.25, -0.2) is 21.6 Å². The molecular formula is C15H23N3O5S2. The molecule has 2 N–H and O–H groups in total. The minimum atomic E-state index is -3.80. The van der Waals surface area contributed by atoms with Gasteiger partial charge in [-0.15, -0.1) is 0 Å². The zero-order valence-electron chi connectivity index (χ0n) is 14.7. The summed E-state index contributed by atoms with van der Waals surface area (Å²) in [5.41, 5.74) is 0.582. The molecule has 10 heteroatoms. The predicted molar refractivity (Wildman–Crippen MR) is 95.3 cm³/mol. The second-order valence-electron chi connectivity index (χ2n) is 6.95. The van der Waals surface area contributed by atoms with E-state index in [2.05, 4.69) is 10.0 Å². The Bertz CT molecular complexity index is 886. The van der Waals surface area contributed by atoms with Crippen molar-refractivity contribution in [2.45, 2.75) is 37.6 Å². The van der Waals surface area contributed by atoms with Gasteiger partial charge in [0.2, 0.25) is 26.0 Å². The molecule has 2 rings (SSSR count). The zero-order valence-corrected chi connectivity index (χ0v) is 16.3. The van der Waals surface area contributed by atoms with Crippen LogP contribution in [0.4, 0.5) is 5.69 Å². The standard InChI is InChI=1S/C15H23N3O5S2/c1-15(2,3)18(24(4,20)21)8-7-16-25(22,23)12-5-6-13-11(9-12)10-14(19)17-13/h5-6,9,16H,7-8,10H2,1-4H3,(H,17,19). The lowest BCUT2D eigenvalue weighted by Crippen LogP contribution is -2.48. The van der Waals surface area contributed by atoms with Crippen molar-refractivity contribution in [3.63, 3.8) is 0 Å². The zero-order chi connectivity index (χ0) is 19.0. The number of hydrogen-bond donors (Lipinski definition) is 2. The summed E-state index contributed by atoms with van der Waals surface area (Å²) in [6.45, 7) is 5.20. The summed E-state index contributed by atoms with van der Waals surface area (Å²) in [4.78, 5) is 11.4. The van der Waals surface area contributed by atoms with Gasteiger partial charge in [0.1, 0.15) is 0 Å². The maximum Gasteiger partial charge on any atom is 0.240 e. The van der Waals surface area contributed by atoms with Crippen molar-refractivity contribution in [3.05, 3.63) is 23.8 Å². The smallest absolute Gasteiger partial charge is 0.240 e. The SMILES string of the molecule is CC(C)(C)N(CCNS(=O)(=O)c1ccc2c(c1)CC(=O)N2)S(C)(=O)=O. The Morgan fingerprint density at radius 2 is 1.84 bits per heavy atom. The average Bonchev–Trinajstić information content (AvgIpc) is 2.79. The summed E-state index contributed by atoms with van der Waals surface area (Å²) in [5.74, 6) is -0.175. The van der Waals surface area contributed by atoms with E-state index < -0.39 is 25.6 Å². The van der Waals surface area contributed by atoms with Crippen molar-refractivity contribution in [1.82, 2.24) is 9.03 Å². The molecule has 0 unspecified atom stereocenters. The Kier molecular flexibility index (Phi) is 5.29. The maximum absolute atomic E-state index is 12.4. The highest BCUT2D eigenvalue weighted by Crippen LogP contribution is 2.25. The van der Waals surface area contributed by atoms with Crippen molar-refractivity contribution >= 4 is 31.6 Å². The highest BCUT2D eigenvalue weighted by atomic mass is 32.2. The number of anilines is 1. The minimum Gasteiger partial charge on any atom is -0.326 e. The van der Waals surface area contributed by atoms with Crippen LogP contribution in [0.2, 0.25) is 0 Å². The van der Waals surface area contributed by atoms with Gasteiger partial charge < -0.3 is 5.32 Å². The Labute approximate surface area is 148 Å². The Morgan fingerprint density at radius 1 is 1.20 bits per heavy atom. The van der Waals surface area contributed by atoms with Crippen LogP contribution in [0.1, 0.15) is 26.3 Å². The van der Waals surface area contributed by atoms with Gasteiger partial charge >= 0.3 is 0 Å². The number of sulfonamides is 2. The monoisotopic (exact) mass is 389 g/mol. The number of rotatable bonds is 6. The Balaban J connectivity index is 2.10. The fourth-order valence-electron chi connectivity index (χ4n) is 2.74. The molecule has 0 aromatic heterocycles. The first kappa shape index (κ1) is 19.8. The first-order chi connectivity index (χ1) is 11.3. The number of carbonyl (C=O) groups is 1. The lowest BCUT2D eigenvalue weighted by molar-refractivity contribution is -0.115. The summed E-state index contributed by atoms with van der Waals surface area (Å²) in [7, 11) is -7.26. The van der Waals surface area contributed by atoms with Crippen molar-refractivity contribution < 1.29 is 21.6 Å². The van der Waals surface area contributed by atoms with Crippen LogP contribution in [0.25, 0.3) is 0 Å². The molecule has 1 heterocycles. The van der Waals surface area contributed by atoms with Crippen LogP contribution in [-0.4, -0.2) is 51.9 Å². The number of benzene rings is 1. The Morgan fingerprint density at radius 3 is 2.40 bits per heavy atom. The van der Waals surface area contributed by atoms with Crippen LogP contribution in [0.5, 0.6) is 0 Å². The van der Waals surface area contributed by atoms with Gasteiger partial charge in [-0.2, -0.15) is 4.31 Å². The molecule has 1 aliphatic heterocycles. The molecule has 8 nitrogen and oxygen atoms in total. The molecule has 0 aliphatic carbocycles. The van der Waals surface area contributed by atoms with Crippen LogP contribution in [-0.2, 0) is 31.3 Å². The lowest BCUT2D eigenvalue weighted by atomic mass is 10.1. The van der Waals surface area contributed by atoms with E-state index in [-0.39, 0.29) is 30.3 Å². The van der Waals surface area contributed by atoms with Gasteiger partial charge in [-0.3, -0.25) is 4.79 Å². The molecule has 1 amide bonds. The van der Waals surface area contributed by atoms with E-state index in [0.717, 1.165) is 6.26 Å². The van der Waals surface area contributed by atoms with E-state index in [0.29, 0.717) is 11.3 Å². The van der Waals surface area contributed by atoms with Gasteiger partial charge in [0, 0.05) is 24.3 Å². The molecular weight excluding hydrogens is 366 g/mol. The highest BCUT2D eigenvalue weighted by molar-refractivity contribution is 7.89. The van der Waals surface area contributed by atoms with E-state index in [9.17, 15) is 21.6 Å². The number of hydrogen-bond acceptors (Lipinski definition) is 5. The number of amides is 1. The topological polar surface area (TPSA) is 113 Å². The van der Waals surface area contributed by atoms with Gasteiger partial charge in [-0.05, 0) is 44.5 Å². The third-order valence-electron chi connectivity index (χ3n) is 3.77. The van der Waals surface area contributed by atoms with Gasteiger partial charge in [0.15, 0.2) is 0 Å². The molecule has 1 aliphatic rings. The molecule has 1 aromatic carbocycles. The molecule has 0 saturated carbocycles. The fourth-order valence-corrected chi connectivity index (χ4v) is 5.23. The molecule has 0 saturated heterocycles. The molecule has 0 atom stereocenters. The number of nitrogens with zero attached hydrogens (tertiary/aromatic N) is 1. The highest BCUT2D eigenvalue weighted by Gasteiger charge is 2.29. The van der Waals surface area contributed by atoms with E-state index in [1.54, 1.807) is 26.8 Å². The summed E-state index contributed by atoms with van der Waals surface area (Å²) < 4.78 is 52.2. The van der Waals surface area contributed by atoms with Crippen molar-refractivity contribution in [1.29, 1.82) is 0 Å². The van der Waals surface area contributed by atoms with Crippen LogP contribution < -0.4 is 10.0 Å². The second kappa shape index (κ2) is 6.67. The van der Waals surface area contributed by atoms with Crippen LogP contribution in [0.15, 0.2) is 23.1 Å². The third-order valence-corrected chi connectivity index (χ3v) is 6.76. The fraction of sp³-hybridized carbons (Fsp3) is 0.533. The van der Waals surface area contributed by atoms with E-state index in [1.165, 1.54) is 16.4 Å². The predicted octanol–water partition coefficient (Wildman–Crippen LogP) is 0.520. The normalized spacial score (nSPS) is 15.3. The molecule has 0 bridgehead atoms. The van der Waals surface area contributed by atoms with Crippen LogP contribution >= 0.6 is 0 Å². The van der Waals surface area contributed by atoms with Gasteiger partial charge in [0.05, 0.1) is 17.6 Å². The molecule has 1 aromatic rings. The number of fused-ring (bicyclic) bond motifs is 1. The first-order valence-electron chi connectivity index (χ1n) is 7.71. The van der Waals surface area contributed by atoms with Crippen molar-refractivity contribution in [3.8, 4) is 0 Å². The van der Waals surface area contributed by atoms with Crippen molar-refractivity contribution in [2.24, 2.45) is 0 Å². The molecule has 0 spiro atoms. The molecule has 25 heavy (non-hydrogen) atoms. The van der Waals surface area contributed by atoms with Crippen LogP contribution in [0, 0.1) is 0 Å². The van der Waals surface area contributed by atoms with Gasteiger partial charge in [0.25, 0.3) is 0 Å². The van der Waals surface area contributed by atoms with E-state index >= 15 is 0 Å². The van der Waals surface area contributed by atoms with E-state index in [4.69, 9.17) is 0 Å². The van der Waals surface area contributed by atoms with Crippen LogP contribution in [0.3, 0.4) is 0 Å². The summed E-state index contributed by atoms with van der Waals surface area (Å²) in [5, 5.41) is 2.64. The number of nitrogens with one attached hydrogen (secondary N) is 2. The summed E-state index contributed by atoms with van der Waals surface area (Å²) in [6, 6.07) is 4.41. The lowest BCUT2D eigenvalue weighted by Gasteiger charge is -2.33. The molecule has 0 fully saturated rings. The quantitative estimate of drug-likeness (QED) is 0.736. The average molecular weight is 389 g/mol. The summed E-state index contributed by atoms with van der Waals surface area (Å²) >= 11 is 0. The Hall–Kier alpha value is -1.49. The van der Waals surface area contributed by atoms with E-state index in [1.807, 2.05) is 0 Å². The summed E-state index contributed by atoms with van der Waals surface area (Å²) in [6.07, 6.45) is 1.24. The van der Waals surface area contributed by atoms with Crippen molar-refractivity contribution in [2.75, 3.05) is 24.7 Å². The first-order valence-corrected chi connectivity index (χ1v) is 11.0. The maximum atomic E-state index is 12.4. The molecule has 0 radical (unpaired) electrons. The number of carbonyl (C=O) groups excluding carboxylic acids is 1. The largest absolute Gasteiger partial charge is 0.326 e. The molecule has 140 valence electrons. The van der Waals surface area contributed by atoms with Gasteiger partial charge in [-0.1, -0.05) is 0 Å². The third kappa shape index (κ3) is 4.78. The minimum absolute atomic E-state index is 0.0204.